The Morgan fingerprint density at radius 1 is 1.42 bits per heavy atom. The highest BCUT2D eigenvalue weighted by Gasteiger charge is 2.16. The van der Waals surface area contributed by atoms with Gasteiger partial charge in [0.2, 0.25) is 5.91 Å². The molecule has 19 heavy (non-hydrogen) atoms. The number of hydrogen-bond acceptors (Lipinski definition) is 3. The third-order valence-electron chi connectivity index (χ3n) is 3.04. The van der Waals surface area contributed by atoms with Gasteiger partial charge < -0.3 is 11.1 Å². The van der Waals surface area contributed by atoms with Gasteiger partial charge in [0.25, 0.3) is 0 Å². The summed E-state index contributed by atoms with van der Waals surface area (Å²) in [6.07, 6.45) is 4.31. The quantitative estimate of drug-likeness (QED) is 0.830. The molecule has 3 N–H and O–H groups in total. The van der Waals surface area contributed by atoms with E-state index >= 15 is 0 Å². The van der Waals surface area contributed by atoms with Crippen LogP contribution in [-0.2, 0) is 11.2 Å². The first kappa shape index (κ1) is 13.3. The Morgan fingerprint density at radius 3 is 2.79 bits per heavy atom. The summed E-state index contributed by atoms with van der Waals surface area (Å²) in [5, 5.41) is 6.93. The minimum absolute atomic E-state index is 0.0324. The van der Waals surface area contributed by atoms with E-state index in [1.54, 1.807) is 17.9 Å². The molecular formula is C14H18N4O. The highest BCUT2D eigenvalue weighted by molar-refractivity contribution is 5.78. The highest BCUT2D eigenvalue weighted by atomic mass is 16.1. The zero-order valence-corrected chi connectivity index (χ0v) is 10.9. The predicted octanol–water partition coefficient (Wildman–Crippen LogP) is 0.736. The van der Waals surface area contributed by atoms with Crippen molar-refractivity contribution in [2.45, 2.75) is 6.42 Å². The van der Waals surface area contributed by atoms with Crippen molar-refractivity contribution in [1.82, 2.24) is 15.1 Å². The Balaban J connectivity index is 2.11. The standard InChI is InChI=1S/C14H18N4O/c1-16-14(19)12(8-15)7-11-9-17-18(10-11)13-5-3-2-4-6-13/h2-6,9-10,12H,7-8,15H2,1H3,(H,16,19). The van der Waals surface area contributed by atoms with Crippen LogP contribution in [0.1, 0.15) is 5.56 Å². The maximum atomic E-state index is 11.6. The molecule has 2 aromatic rings. The van der Waals surface area contributed by atoms with Gasteiger partial charge in [-0.2, -0.15) is 5.10 Å². The average Bonchev–Trinajstić information content (AvgIpc) is 2.93. The molecule has 0 saturated carbocycles. The van der Waals surface area contributed by atoms with E-state index in [1.165, 1.54) is 0 Å². The van der Waals surface area contributed by atoms with Gasteiger partial charge in [-0.15, -0.1) is 0 Å². The number of rotatable bonds is 5. The van der Waals surface area contributed by atoms with Crippen LogP contribution < -0.4 is 11.1 Å². The number of carbonyl (C=O) groups excluding carboxylic acids is 1. The number of hydrogen-bond donors (Lipinski definition) is 2. The number of benzene rings is 1. The van der Waals surface area contributed by atoms with Crippen LogP contribution in [0.15, 0.2) is 42.7 Å². The van der Waals surface area contributed by atoms with Gasteiger partial charge >= 0.3 is 0 Å². The van der Waals surface area contributed by atoms with Gasteiger partial charge in [-0.1, -0.05) is 18.2 Å². The van der Waals surface area contributed by atoms with Crippen molar-refractivity contribution in [3.63, 3.8) is 0 Å². The lowest BCUT2D eigenvalue weighted by molar-refractivity contribution is -0.124. The molecule has 0 fully saturated rings. The molecule has 1 atom stereocenters. The molecule has 100 valence electrons. The van der Waals surface area contributed by atoms with Crippen LogP contribution in [0.25, 0.3) is 5.69 Å². The lowest BCUT2D eigenvalue weighted by Gasteiger charge is -2.11. The first-order chi connectivity index (χ1) is 9.24. The maximum Gasteiger partial charge on any atom is 0.224 e. The fourth-order valence-electron chi connectivity index (χ4n) is 1.96. The van der Waals surface area contributed by atoms with Gasteiger partial charge in [0.1, 0.15) is 0 Å². The van der Waals surface area contributed by atoms with E-state index < -0.39 is 0 Å². The number of para-hydroxylation sites is 1. The second-order valence-electron chi connectivity index (χ2n) is 4.38. The second-order valence-corrected chi connectivity index (χ2v) is 4.38. The van der Waals surface area contributed by atoms with Crippen LogP contribution >= 0.6 is 0 Å². The summed E-state index contributed by atoms with van der Waals surface area (Å²) in [4.78, 5) is 11.6. The Morgan fingerprint density at radius 2 is 2.16 bits per heavy atom. The number of amides is 1. The molecule has 0 saturated heterocycles. The first-order valence-electron chi connectivity index (χ1n) is 6.25. The molecule has 0 aliphatic heterocycles. The van der Waals surface area contributed by atoms with E-state index in [4.69, 9.17) is 5.73 Å². The van der Waals surface area contributed by atoms with Crippen LogP contribution in [0.4, 0.5) is 0 Å². The normalized spacial score (nSPS) is 12.1. The predicted molar refractivity (Wildman–Crippen MR) is 73.9 cm³/mol. The van der Waals surface area contributed by atoms with Gasteiger partial charge in [0.15, 0.2) is 0 Å². The molecule has 5 heteroatoms. The minimum atomic E-state index is -0.210. The zero-order valence-electron chi connectivity index (χ0n) is 10.9. The Bertz CT molecular complexity index is 535. The van der Waals surface area contributed by atoms with Crippen LogP contribution in [0, 0.1) is 5.92 Å². The molecule has 1 unspecified atom stereocenters. The molecule has 0 bridgehead atoms. The largest absolute Gasteiger partial charge is 0.359 e. The van der Waals surface area contributed by atoms with Gasteiger partial charge in [-0.3, -0.25) is 4.79 Å². The maximum absolute atomic E-state index is 11.6. The monoisotopic (exact) mass is 258 g/mol. The second kappa shape index (κ2) is 6.15. The molecule has 1 heterocycles. The van der Waals surface area contributed by atoms with Crippen LogP contribution in [-0.4, -0.2) is 29.3 Å². The smallest absolute Gasteiger partial charge is 0.224 e. The molecule has 1 aromatic heterocycles. The summed E-state index contributed by atoms with van der Waals surface area (Å²) < 4.78 is 1.80. The van der Waals surface area contributed by atoms with E-state index in [0.717, 1.165) is 11.3 Å². The Labute approximate surface area is 112 Å². The van der Waals surface area contributed by atoms with Crippen LogP contribution in [0.3, 0.4) is 0 Å². The molecular weight excluding hydrogens is 240 g/mol. The summed E-state index contributed by atoms with van der Waals surface area (Å²) in [5.41, 5.74) is 7.63. The molecule has 0 aliphatic rings. The Kier molecular flexibility index (Phi) is 4.30. The first-order valence-corrected chi connectivity index (χ1v) is 6.25. The van der Waals surface area contributed by atoms with E-state index in [1.807, 2.05) is 36.5 Å². The lowest BCUT2D eigenvalue weighted by Crippen LogP contribution is -2.33. The number of carbonyl (C=O) groups is 1. The fraction of sp³-hybridized carbons (Fsp3) is 0.286. The minimum Gasteiger partial charge on any atom is -0.359 e. The number of nitrogens with zero attached hydrogens (tertiary/aromatic N) is 2. The zero-order chi connectivity index (χ0) is 13.7. The van der Waals surface area contributed by atoms with E-state index in [2.05, 4.69) is 10.4 Å². The molecule has 5 nitrogen and oxygen atoms in total. The molecule has 0 spiro atoms. The van der Waals surface area contributed by atoms with Crippen LogP contribution in [0.5, 0.6) is 0 Å². The van der Waals surface area contributed by atoms with Crippen molar-refractivity contribution >= 4 is 5.91 Å². The van der Waals surface area contributed by atoms with Crippen molar-refractivity contribution in [3.8, 4) is 5.69 Å². The van der Waals surface area contributed by atoms with E-state index in [9.17, 15) is 4.79 Å². The van der Waals surface area contributed by atoms with Crippen molar-refractivity contribution in [1.29, 1.82) is 0 Å². The molecule has 0 aliphatic carbocycles. The third kappa shape index (κ3) is 3.20. The van der Waals surface area contributed by atoms with Gasteiger partial charge in [0, 0.05) is 19.8 Å². The summed E-state index contributed by atoms with van der Waals surface area (Å²) in [5.74, 6) is -0.242. The van der Waals surface area contributed by atoms with Crippen molar-refractivity contribution < 1.29 is 4.79 Å². The van der Waals surface area contributed by atoms with Gasteiger partial charge in [0.05, 0.1) is 17.8 Å². The Hall–Kier alpha value is -2.14. The summed E-state index contributed by atoms with van der Waals surface area (Å²) >= 11 is 0. The summed E-state index contributed by atoms with van der Waals surface area (Å²) in [6.45, 7) is 0.330. The number of nitrogens with one attached hydrogen (secondary N) is 1. The lowest BCUT2D eigenvalue weighted by atomic mass is 10.0. The van der Waals surface area contributed by atoms with Gasteiger partial charge in [-0.25, -0.2) is 4.68 Å². The average molecular weight is 258 g/mol. The summed E-state index contributed by atoms with van der Waals surface area (Å²) in [7, 11) is 1.62. The highest BCUT2D eigenvalue weighted by Crippen LogP contribution is 2.11. The van der Waals surface area contributed by atoms with E-state index in [-0.39, 0.29) is 11.8 Å². The van der Waals surface area contributed by atoms with Crippen molar-refractivity contribution in [3.05, 3.63) is 48.3 Å². The molecule has 1 aromatic carbocycles. The molecule has 2 rings (SSSR count). The SMILES string of the molecule is CNC(=O)C(CN)Cc1cnn(-c2ccccc2)c1. The molecule has 1 amide bonds. The van der Waals surface area contributed by atoms with Crippen LogP contribution in [0.2, 0.25) is 0 Å². The molecule has 0 radical (unpaired) electrons. The van der Waals surface area contributed by atoms with E-state index in [0.29, 0.717) is 13.0 Å². The van der Waals surface area contributed by atoms with Gasteiger partial charge in [-0.05, 0) is 24.1 Å². The topological polar surface area (TPSA) is 72.9 Å². The van der Waals surface area contributed by atoms with Crippen molar-refractivity contribution in [2.75, 3.05) is 13.6 Å². The fourth-order valence-corrected chi connectivity index (χ4v) is 1.96. The van der Waals surface area contributed by atoms with Crippen molar-refractivity contribution in [2.24, 2.45) is 11.7 Å². The summed E-state index contributed by atoms with van der Waals surface area (Å²) in [6, 6.07) is 9.85. The third-order valence-corrected chi connectivity index (χ3v) is 3.04. The number of nitrogens with two attached hydrogens (primary N) is 1. The number of aromatic nitrogens is 2.